The number of hydrogen-bond acceptors (Lipinski definition) is 2. The lowest BCUT2D eigenvalue weighted by atomic mass is 10.3. The van der Waals surface area contributed by atoms with Crippen molar-refractivity contribution in [3.05, 3.63) is 52.0 Å². The molecular weight excluding hydrogens is 296 g/mol. The second-order valence-corrected chi connectivity index (χ2v) is 4.32. The largest absolute Gasteiger partial charge is 0.457 e. The van der Waals surface area contributed by atoms with Crippen LogP contribution >= 0.6 is 27.5 Å². The Kier molecular flexibility index (Phi) is 3.41. The standard InChI is InChI=1S/C11H6BrClFNO/c12-7-3-8(14)5-10(4-7)16-9-1-2-15-11(13)6-9/h1-6H. The van der Waals surface area contributed by atoms with E-state index in [1.807, 2.05) is 0 Å². The predicted molar refractivity (Wildman–Crippen MR) is 63.4 cm³/mol. The molecule has 0 atom stereocenters. The topological polar surface area (TPSA) is 22.1 Å². The van der Waals surface area contributed by atoms with Gasteiger partial charge in [-0.3, -0.25) is 0 Å². The number of halogens is 3. The minimum atomic E-state index is -0.371. The van der Waals surface area contributed by atoms with Crippen LogP contribution in [0, 0.1) is 5.82 Å². The lowest BCUT2D eigenvalue weighted by molar-refractivity contribution is 0.475. The fourth-order valence-electron chi connectivity index (χ4n) is 1.17. The number of benzene rings is 1. The monoisotopic (exact) mass is 301 g/mol. The van der Waals surface area contributed by atoms with Crippen molar-refractivity contribution in [1.29, 1.82) is 0 Å². The first-order valence-corrected chi connectivity index (χ1v) is 5.56. The summed E-state index contributed by atoms with van der Waals surface area (Å²) >= 11 is 8.88. The summed E-state index contributed by atoms with van der Waals surface area (Å²) in [5.74, 6) is 0.538. The molecule has 0 amide bonds. The van der Waals surface area contributed by atoms with E-state index in [4.69, 9.17) is 16.3 Å². The van der Waals surface area contributed by atoms with E-state index in [0.29, 0.717) is 21.1 Å². The first kappa shape index (κ1) is 11.4. The van der Waals surface area contributed by atoms with Crippen molar-refractivity contribution in [3.63, 3.8) is 0 Å². The zero-order valence-electron chi connectivity index (χ0n) is 7.95. The molecule has 0 aliphatic rings. The normalized spacial score (nSPS) is 10.2. The molecule has 82 valence electrons. The van der Waals surface area contributed by atoms with E-state index in [1.165, 1.54) is 18.3 Å². The number of ether oxygens (including phenoxy) is 1. The molecule has 0 saturated carbocycles. The van der Waals surface area contributed by atoms with Crippen molar-refractivity contribution in [2.24, 2.45) is 0 Å². The van der Waals surface area contributed by atoms with Crippen LogP contribution in [0.3, 0.4) is 0 Å². The minimum Gasteiger partial charge on any atom is -0.457 e. The predicted octanol–water partition coefficient (Wildman–Crippen LogP) is 4.43. The molecule has 16 heavy (non-hydrogen) atoms. The molecule has 2 aromatic rings. The zero-order chi connectivity index (χ0) is 11.5. The molecule has 0 unspecified atom stereocenters. The fourth-order valence-corrected chi connectivity index (χ4v) is 1.78. The average molecular weight is 303 g/mol. The van der Waals surface area contributed by atoms with Gasteiger partial charge < -0.3 is 4.74 Å². The first-order chi connectivity index (χ1) is 7.63. The molecule has 0 spiro atoms. The lowest BCUT2D eigenvalue weighted by Gasteiger charge is -2.06. The third-order valence-corrected chi connectivity index (χ3v) is 2.43. The van der Waals surface area contributed by atoms with Crippen LogP contribution in [0.4, 0.5) is 4.39 Å². The summed E-state index contributed by atoms with van der Waals surface area (Å²) in [6.45, 7) is 0. The molecule has 1 aromatic carbocycles. The number of rotatable bonds is 2. The third-order valence-electron chi connectivity index (χ3n) is 1.77. The van der Waals surface area contributed by atoms with Gasteiger partial charge in [-0.05, 0) is 18.2 Å². The van der Waals surface area contributed by atoms with Gasteiger partial charge in [-0.2, -0.15) is 0 Å². The van der Waals surface area contributed by atoms with E-state index < -0.39 is 0 Å². The Morgan fingerprint density at radius 1 is 1.19 bits per heavy atom. The van der Waals surface area contributed by atoms with Gasteiger partial charge >= 0.3 is 0 Å². The highest BCUT2D eigenvalue weighted by molar-refractivity contribution is 9.10. The third kappa shape index (κ3) is 2.93. The second kappa shape index (κ2) is 4.80. The van der Waals surface area contributed by atoms with E-state index in [9.17, 15) is 4.39 Å². The van der Waals surface area contributed by atoms with Crippen LogP contribution in [0.25, 0.3) is 0 Å². The van der Waals surface area contributed by atoms with Crippen molar-refractivity contribution < 1.29 is 9.13 Å². The summed E-state index contributed by atoms with van der Waals surface area (Å²) in [4.78, 5) is 3.82. The van der Waals surface area contributed by atoms with E-state index >= 15 is 0 Å². The van der Waals surface area contributed by atoms with Crippen molar-refractivity contribution in [1.82, 2.24) is 4.98 Å². The minimum absolute atomic E-state index is 0.327. The maximum absolute atomic E-state index is 13.1. The van der Waals surface area contributed by atoms with Crippen molar-refractivity contribution in [2.75, 3.05) is 0 Å². The Labute approximate surface area is 105 Å². The molecule has 0 fully saturated rings. The summed E-state index contributed by atoms with van der Waals surface area (Å²) in [5.41, 5.74) is 0. The van der Waals surface area contributed by atoms with Crippen LogP contribution in [-0.2, 0) is 0 Å². The Morgan fingerprint density at radius 2 is 2.00 bits per heavy atom. The molecule has 0 aliphatic carbocycles. The molecule has 2 rings (SSSR count). The van der Waals surface area contributed by atoms with Gasteiger partial charge in [0.25, 0.3) is 0 Å². The smallest absolute Gasteiger partial charge is 0.132 e. The molecule has 1 heterocycles. The van der Waals surface area contributed by atoms with Gasteiger partial charge in [0.05, 0.1) is 0 Å². The van der Waals surface area contributed by atoms with Gasteiger partial charge in [0.2, 0.25) is 0 Å². The average Bonchev–Trinajstić information content (AvgIpc) is 2.15. The molecule has 0 N–H and O–H groups in total. The molecule has 0 radical (unpaired) electrons. The second-order valence-electron chi connectivity index (χ2n) is 3.02. The van der Waals surface area contributed by atoms with Crippen molar-refractivity contribution >= 4 is 27.5 Å². The van der Waals surface area contributed by atoms with Crippen LogP contribution in [0.15, 0.2) is 41.0 Å². The van der Waals surface area contributed by atoms with Crippen LogP contribution in [0.2, 0.25) is 5.15 Å². The zero-order valence-corrected chi connectivity index (χ0v) is 10.3. The molecule has 2 nitrogen and oxygen atoms in total. The molecule has 0 bridgehead atoms. The number of pyridine rings is 1. The van der Waals surface area contributed by atoms with E-state index in [1.54, 1.807) is 18.2 Å². The molecule has 1 aromatic heterocycles. The summed E-state index contributed by atoms with van der Waals surface area (Å²) in [6.07, 6.45) is 1.52. The van der Waals surface area contributed by atoms with Gasteiger partial charge in [0.1, 0.15) is 22.5 Å². The van der Waals surface area contributed by atoms with Crippen LogP contribution in [-0.4, -0.2) is 4.98 Å². The Morgan fingerprint density at radius 3 is 2.69 bits per heavy atom. The molecule has 0 aliphatic heterocycles. The van der Waals surface area contributed by atoms with Gasteiger partial charge in [-0.15, -0.1) is 0 Å². The molecule has 5 heteroatoms. The Bertz CT molecular complexity index is 501. The first-order valence-electron chi connectivity index (χ1n) is 4.39. The van der Waals surface area contributed by atoms with Gasteiger partial charge in [-0.25, -0.2) is 9.37 Å². The van der Waals surface area contributed by atoms with E-state index in [-0.39, 0.29) is 5.82 Å². The SMILES string of the molecule is Fc1cc(Br)cc(Oc2ccnc(Cl)c2)c1. The van der Waals surface area contributed by atoms with Gasteiger partial charge in [-0.1, -0.05) is 27.5 Å². The number of aromatic nitrogens is 1. The molecule has 0 saturated heterocycles. The summed E-state index contributed by atoms with van der Waals surface area (Å²) < 4.78 is 19.1. The van der Waals surface area contributed by atoms with Crippen molar-refractivity contribution in [3.8, 4) is 11.5 Å². The lowest BCUT2D eigenvalue weighted by Crippen LogP contribution is -1.86. The Hall–Kier alpha value is -1.13. The van der Waals surface area contributed by atoms with E-state index in [0.717, 1.165) is 0 Å². The van der Waals surface area contributed by atoms with E-state index in [2.05, 4.69) is 20.9 Å². The number of nitrogens with zero attached hydrogens (tertiary/aromatic N) is 1. The highest BCUT2D eigenvalue weighted by atomic mass is 79.9. The van der Waals surface area contributed by atoms with Crippen LogP contribution < -0.4 is 4.74 Å². The van der Waals surface area contributed by atoms with Crippen LogP contribution in [0.1, 0.15) is 0 Å². The highest BCUT2D eigenvalue weighted by Gasteiger charge is 2.02. The Balaban J connectivity index is 2.27. The fraction of sp³-hybridized carbons (Fsp3) is 0. The molecular formula is C11H6BrClFNO. The maximum Gasteiger partial charge on any atom is 0.132 e. The summed E-state index contributed by atoms with van der Waals surface area (Å²) in [5, 5.41) is 0.327. The summed E-state index contributed by atoms with van der Waals surface area (Å²) in [7, 11) is 0. The quantitative estimate of drug-likeness (QED) is 0.766. The maximum atomic E-state index is 13.1. The summed E-state index contributed by atoms with van der Waals surface area (Å²) in [6, 6.07) is 7.51. The highest BCUT2D eigenvalue weighted by Crippen LogP contribution is 2.26. The number of hydrogen-bond donors (Lipinski definition) is 0. The van der Waals surface area contributed by atoms with Crippen molar-refractivity contribution in [2.45, 2.75) is 0 Å². The van der Waals surface area contributed by atoms with Gasteiger partial charge in [0, 0.05) is 22.8 Å². The van der Waals surface area contributed by atoms with Crippen LogP contribution in [0.5, 0.6) is 11.5 Å². The van der Waals surface area contributed by atoms with Gasteiger partial charge in [0.15, 0.2) is 0 Å².